The SMILES string of the molecule is CC(=O)c1ccc(NC(=O)c2ccc(N3CCC4(CC3)OCCO4)nc2)cc1. The van der Waals surface area contributed by atoms with Crippen molar-refractivity contribution in [1.82, 2.24) is 4.98 Å². The van der Waals surface area contributed by atoms with E-state index >= 15 is 0 Å². The van der Waals surface area contributed by atoms with E-state index in [1.54, 1.807) is 36.5 Å². The van der Waals surface area contributed by atoms with Crippen molar-refractivity contribution in [3.63, 3.8) is 0 Å². The molecule has 0 saturated carbocycles. The number of pyridine rings is 1. The summed E-state index contributed by atoms with van der Waals surface area (Å²) in [5.41, 5.74) is 1.73. The largest absolute Gasteiger partial charge is 0.356 e. The Kier molecular flexibility index (Phi) is 5.11. The van der Waals surface area contributed by atoms with E-state index in [-0.39, 0.29) is 11.7 Å². The molecule has 0 unspecified atom stereocenters. The molecular weight excluding hydrogens is 358 g/mol. The lowest BCUT2D eigenvalue weighted by Gasteiger charge is -2.38. The summed E-state index contributed by atoms with van der Waals surface area (Å²) in [6, 6.07) is 10.5. The van der Waals surface area contributed by atoms with Crippen LogP contribution in [0.15, 0.2) is 42.6 Å². The summed E-state index contributed by atoms with van der Waals surface area (Å²) in [6.45, 7) is 4.46. The van der Waals surface area contributed by atoms with Crippen LogP contribution in [0.5, 0.6) is 0 Å². The van der Waals surface area contributed by atoms with Gasteiger partial charge >= 0.3 is 0 Å². The van der Waals surface area contributed by atoms with E-state index in [1.807, 2.05) is 6.07 Å². The maximum absolute atomic E-state index is 12.4. The average molecular weight is 381 g/mol. The predicted molar refractivity (Wildman–Crippen MR) is 105 cm³/mol. The molecule has 28 heavy (non-hydrogen) atoms. The normalized spacial score (nSPS) is 18.2. The third-order valence-corrected chi connectivity index (χ3v) is 5.22. The van der Waals surface area contributed by atoms with Crippen LogP contribution in [0.1, 0.15) is 40.5 Å². The molecule has 146 valence electrons. The number of ketones is 1. The molecule has 0 bridgehead atoms. The van der Waals surface area contributed by atoms with Gasteiger partial charge in [-0.05, 0) is 43.3 Å². The van der Waals surface area contributed by atoms with E-state index in [0.717, 1.165) is 31.7 Å². The Bertz CT molecular complexity index is 848. The minimum absolute atomic E-state index is 0.00708. The minimum atomic E-state index is -0.408. The van der Waals surface area contributed by atoms with Crippen LogP contribution < -0.4 is 10.2 Å². The van der Waals surface area contributed by atoms with Gasteiger partial charge in [0.25, 0.3) is 5.91 Å². The second-order valence-corrected chi connectivity index (χ2v) is 7.09. The van der Waals surface area contributed by atoms with Gasteiger partial charge in [0.1, 0.15) is 5.82 Å². The summed E-state index contributed by atoms with van der Waals surface area (Å²) >= 11 is 0. The van der Waals surface area contributed by atoms with E-state index in [0.29, 0.717) is 30.0 Å². The van der Waals surface area contributed by atoms with Crippen LogP contribution in [-0.2, 0) is 9.47 Å². The molecule has 0 atom stereocenters. The molecule has 1 spiro atoms. The maximum Gasteiger partial charge on any atom is 0.257 e. The summed E-state index contributed by atoms with van der Waals surface area (Å²) in [7, 11) is 0. The molecule has 7 nitrogen and oxygen atoms in total. The number of benzene rings is 1. The van der Waals surface area contributed by atoms with Gasteiger partial charge in [0.15, 0.2) is 11.6 Å². The number of aromatic nitrogens is 1. The Balaban J connectivity index is 1.36. The van der Waals surface area contributed by atoms with E-state index in [4.69, 9.17) is 9.47 Å². The van der Waals surface area contributed by atoms with Crippen molar-refractivity contribution in [3.05, 3.63) is 53.7 Å². The van der Waals surface area contributed by atoms with E-state index in [9.17, 15) is 9.59 Å². The number of carbonyl (C=O) groups is 2. The monoisotopic (exact) mass is 381 g/mol. The van der Waals surface area contributed by atoms with Gasteiger partial charge in [-0.15, -0.1) is 0 Å². The lowest BCUT2D eigenvalue weighted by molar-refractivity contribution is -0.169. The molecule has 2 saturated heterocycles. The molecule has 0 radical (unpaired) electrons. The van der Waals surface area contributed by atoms with Gasteiger partial charge in [0, 0.05) is 43.4 Å². The molecule has 1 aromatic carbocycles. The number of Topliss-reactive ketones (excluding diaryl/α,β-unsaturated/α-hetero) is 1. The van der Waals surface area contributed by atoms with Gasteiger partial charge in [-0.2, -0.15) is 0 Å². The van der Waals surface area contributed by atoms with E-state index in [1.165, 1.54) is 6.92 Å². The summed E-state index contributed by atoms with van der Waals surface area (Å²) in [5.74, 6) is 0.191. The van der Waals surface area contributed by atoms with E-state index in [2.05, 4.69) is 15.2 Å². The Hall–Kier alpha value is -2.77. The number of anilines is 2. The number of nitrogens with zero attached hydrogens (tertiary/aromatic N) is 2. The topological polar surface area (TPSA) is 80.8 Å². The van der Waals surface area contributed by atoms with Crippen molar-refractivity contribution in [2.75, 3.05) is 36.5 Å². The third kappa shape index (κ3) is 3.90. The Labute approximate surface area is 163 Å². The van der Waals surface area contributed by atoms with Gasteiger partial charge < -0.3 is 19.7 Å². The van der Waals surface area contributed by atoms with Crippen LogP contribution in [0.4, 0.5) is 11.5 Å². The van der Waals surface area contributed by atoms with Crippen LogP contribution in [0.25, 0.3) is 0 Å². The zero-order valence-electron chi connectivity index (χ0n) is 15.8. The molecule has 2 fully saturated rings. The van der Waals surface area contributed by atoms with Gasteiger partial charge in [0.05, 0.1) is 18.8 Å². The quantitative estimate of drug-likeness (QED) is 0.821. The molecule has 1 N–H and O–H groups in total. The number of hydrogen-bond donors (Lipinski definition) is 1. The first-order valence-corrected chi connectivity index (χ1v) is 9.46. The Morgan fingerprint density at radius 2 is 1.64 bits per heavy atom. The molecule has 2 aromatic rings. The number of amides is 1. The van der Waals surface area contributed by atoms with Crippen LogP contribution in [0.3, 0.4) is 0 Å². The van der Waals surface area contributed by atoms with E-state index < -0.39 is 5.79 Å². The fraction of sp³-hybridized carbons (Fsp3) is 0.381. The standard InChI is InChI=1S/C21H23N3O4/c1-15(25)16-2-5-18(6-3-16)23-20(26)17-4-7-19(22-14-17)24-10-8-21(9-11-24)27-12-13-28-21/h2-7,14H,8-13H2,1H3,(H,23,26). The minimum Gasteiger partial charge on any atom is -0.356 e. The zero-order valence-corrected chi connectivity index (χ0v) is 15.8. The summed E-state index contributed by atoms with van der Waals surface area (Å²) in [5, 5.41) is 2.82. The highest BCUT2D eigenvalue weighted by Crippen LogP contribution is 2.32. The molecule has 3 heterocycles. The van der Waals surface area contributed by atoms with Crippen LogP contribution in [0.2, 0.25) is 0 Å². The number of hydrogen-bond acceptors (Lipinski definition) is 6. The van der Waals surface area contributed by atoms with Crippen molar-refractivity contribution in [2.24, 2.45) is 0 Å². The van der Waals surface area contributed by atoms with Crippen LogP contribution in [-0.4, -0.2) is 48.8 Å². The van der Waals surface area contributed by atoms with Gasteiger partial charge in [0.2, 0.25) is 0 Å². The maximum atomic E-state index is 12.4. The molecular formula is C21H23N3O4. The number of carbonyl (C=O) groups excluding carboxylic acids is 2. The van der Waals surface area contributed by atoms with Crippen molar-refractivity contribution < 1.29 is 19.1 Å². The Morgan fingerprint density at radius 1 is 1.00 bits per heavy atom. The molecule has 7 heteroatoms. The number of ether oxygens (including phenoxy) is 2. The van der Waals surface area contributed by atoms with Crippen molar-refractivity contribution >= 4 is 23.2 Å². The molecule has 0 aliphatic carbocycles. The number of piperidine rings is 1. The fourth-order valence-electron chi connectivity index (χ4n) is 3.56. The number of rotatable bonds is 4. The molecule has 1 aromatic heterocycles. The fourth-order valence-corrected chi connectivity index (χ4v) is 3.56. The highest BCUT2D eigenvalue weighted by Gasteiger charge is 2.40. The highest BCUT2D eigenvalue weighted by molar-refractivity contribution is 6.04. The molecule has 2 aliphatic rings. The van der Waals surface area contributed by atoms with Gasteiger partial charge in [-0.3, -0.25) is 9.59 Å². The second-order valence-electron chi connectivity index (χ2n) is 7.09. The van der Waals surface area contributed by atoms with Crippen molar-refractivity contribution in [3.8, 4) is 0 Å². The molecule has 1 amide bonds. The average Bonchev–Trinajstić information content (AvgIpc) is 3.17. The predicted octanol–water partition coefficient (Wildman–Crippen LogP) is 2.88. The number of nitrogens with one attached hydrogen (secondary N) is 1. The lowest BCUT2D eigenvalue weighted by atomic mass is 10.0. The highest BCUT2D eigenvalue weighted by atomic mass is 16.7. The second kappa shape index (κ2) is 7.69. The van der Waals surface area contributed by atoms with Crippen molar-refractivity contribution in [2.45, 2.75) is 25.6 Å². The smallest absolute Gasteiger partial charge is 0.257 e. The van der Waals surface area contributed by atoms with Gasteiger partial charge in [-0.1, -0.05) is 0 Å². The molecule has 2 aliphatic heterocycles. The van der Waals surface area contributed by atoms with Crippen LogP contribution in [0, 0.1) is 0 Å². The first-order chi connectivity index (χ1) is 13.5. The zero-order chi connectivity index (χ0) is 19.6. The first-order valence-electron chi connectivity index (χ1n) is 9.46. The summed E-state index contributed by atoms with van der Waals surface area (Å²) < 4.78 is 11.5. The van der Waals surface area contributed by atoms with Crippen molar-refractivity contribution in [1.29, 1.82) is 0 Å². The third-order valence-electron chi connectivity index (χ3n) is 5.22. The lowest BCUT2D eigenvalue weighted by Crippen LogP contribution is -2.45. The summed E-state index contributed by atoms with van der Waals surface area (Å²) in [4.78, 5) is 30.4. The summed E-state index contributed by atoms with van der Waals surface area (Å²) in [6.07, 6.45) is 3.21. The molecule has 4 rings (SSSR count). The van der Waals surface area contributed by atoms with Gasteiger partial charge in [-0.25, -0.2) is 4.98 Å². The first kappa shape index (κ1) is 18.6. The van der Waals surface area contributed by atoms with Crippen LogP contribution >= 0.6 is 0 Å². The Morgan fingerprint density at radius 3 is 2.21 bits per heavy atom.